The van der Waals surface area contributed by atoms with Gasteiger partial charge in [-0.15, -0.1) is 24.8 Å². The smallest absolute Gasteiger partial charge is 0.123 e. The maximum absolute atomic E-state index is 13.4. The Bertz CT molecular complexity index is 836. The topological polar surface area (TPSA) is 6.48 Å². The fourth-order valence-electron chi connectivity index (χ4n) is 3.93. The second-order valence-electron chi connectivity index (χ2n) is 7.30. The molecule has 3 aromatic rings. The molecule has 1 saturated heterocycles. The SMILES string of the molecule is Cl.Cl.Fc1ccc(C(c2ccc(F)cc2)N2CCN(Cc3ccccc3)CC2)cc1. The van der Waals surface area contributed by atoms with Gasteiger partial charge in [0.2, 0.25) is 0 Å². The lowest BCUT2D eigenvalue weighted by atomic mass is 9.96. The van der Waals surface area contributed by atoms with E-state index in [9.17, 15) is 8.78 Å². The monoisotopic (exact) mass is 450 g/mol. The van der Waals surface area contributed by atoms with Crippen LogP contribution in [0.25, 0.3) is 0 Å². The zero-order valence-corrected chi connectivity index (χ0v) is 18.2. The Morgan fingerprint density at radius 1 is 0.633 bits per heavy atom. The van der Waals surface area contributed by atoms with Crippen LogP contribution < -0.4 is 0 Å². The fourth-order valence-corrected chi connectivity index (χ4v) is 3.93. The lowest BCUT2D eigenvalue weighted by Gasteiger charge is -2.40. The molecule has 0 aliphatic carbocycles. The molecule has 30 heavy (non-hydrogen) atoms. The molecule has 0 saturated carbocycles. The summed E-state index contributed by atoms with van der Waals surface area (Å²) in [6, 6.07) is 23.8. The van der Waals surface area contributed by atoms with Gasteiger partial charge < -0.3 is 0 Å². The van der Waals surface area contributed by atoms with E-state index in [2.05, 4.69) is 34.1 Å². The second kappa shape index (κ2) is 11.4. The van der Waals surface area contributed by atoms with E-state index < -0.39 is 0 Å². The number of benzene rings is 3. The highest BCUT2D eigenvalue weighted by Gasteiger charge is 2.26. The minimum Gasteiger partial charge on any atom is -0.297 e. The predicted octanol–water partition coefficient (Wildman–Crippen LogP) is 5.72. The summed E-state index contributed by atoms with van der Waals surface area (Å²) in [5.41, 5.74) is 3.39. The Balaban J connectivity index is 0.00000160. The van der Waals surface area contributed by atoms with E-state index in [1.807, 2.05) is 30.3 Å². The van der Waals surface area contributed by atoms with Gasteiger partial charge in [0.05, 0.1) is 6.04 Å². The van der Waals surface area contributed by atoms with Gasteiger partial charge in [-0.05, 0) is 41.0 Å². The highest BCUT2D eigenvalue weighted by Crippen LogP contribution is 2.30. The Labute approximate surface area is 189 Å². The molecule has 6 heteroatoms. The van der Waals surface area contributed by atoms with Crippen molar-refractivity contribution in [2.24, 2.45) is 0 Å². The van der Waals surface area contributed by atoms with E-state index in [1.165, 1.54) is 29.8 Å². The van der Waals surface area contributed by atoms with Crippen molar-refractivity contribution in [2.75, 3.05) is 26.2 Å². The van der Waals surface area contributed by atoms with Crippen LogP contribution in [-0.2, 0) is 6.54 Å². The average molecular weight is 451 g/mol. The van der Waals surface area contributed by atoms with Gasteiger partial charge in [0.25, 0.3) is 0 Å². The van der Waals surface area contributed by atoms with Crippen LogP contribution in [0, 0.1) is 11.6 Å². The largest absolute Gasteiger partial charge is 0.297 e. The van der Waals surface area contributed by atoms with Gasteiger partial charge in [-0.2, -0.15) is 0 Å². The summed E-state index contributed by atoms with van der Waals surface area (Å²) in [6.45, 7) is 4.70. The molecule has 4 rings (SSSR count). The van der Waals surface area contributed by atoms with Crippen LogP contribution in [0.2, 0.25) is 0 Å². The highest BCUT2D eigenvalue weighted by atomic mass is 35.5. The first-order valence-corrected chi connectivity index (χ1v) is 9.70. The van der Waals surface area contributed by atoms with Gasteiger partial charge in [0.1, 0.15) is 11.6 Å². The van der Waals surface area contributed by atoms with Crippen LogP contribution in [0.3, 0.4) is 0 Å². The molecule has 0 aromatic heterocycles. The first-order valence-electron chi connectivity index (χ1n) is 9.70. The van der Waals surface area contributed by atoms with Crippen LogP contribution >= 0.6 is 24.8 Å². The van der Waals surface area contributed by atoms with Crippen molar-refractivity contribution in [3.63, 3.8) is 0 Å². The van der Waals surface area contributed by atoms with E-state index in [0.717, 1.165) is 43.9 Å². The first-order chi connectivity index (χ1) is 13.7. The van der Waals surface area contributed by atoms with Crippen LogP contribution in [0.4, 0.5) is 8.78 Å². The lowest BCUT2D eigenvalue weighted by molar-refractivity contribution is 0.105. The summed E-state index contributed by atoms with van der Waals surface area (Å²) in [7, 11) is 0. The molecule has 0 N–H and O–H groups in total. The molecule has 1 heterocycles. The standard InChI is InChI=1S/C24H24F2N2.2ClH/c25-22-10-6-20(7-11-22)24(21-8-12-23(26)13-9-21)28-16-14-27(15-17-28)18-19-4-2-1-3-5-19;;/h1-13,24H,14-18H2;2*1H. The Kier molecular flexibility index (Phi) is 9.25. The van der Waals surface area contributed by atoms with Gasteiger partial charge in [-0.25, -0.2) is 8.78 Å². The Hall–Kier alpha value is -1.98. The quantitative estimate of drug-likeness (QED) is 0.490. The fraction of sp³-hybridized carbons (Fsp3) is 0.250. The van der Waals surface area contributed by atoms with Crippen LogP contribution in [-0.4, -0.2) is 36.0 Å². The summed E-state index contributed by atoms with van der Waals surface area (Å²) in [5, 5.41) is 0. The van der Waals surface area contributed by atoms with Crippen molar-refractivity contribution < 1.29 is 8.78 Å². The number of hydrogen-bond acceptors (Lipinski definition) is 2. The highest BCUT2D eigenvalue weighted by molar-refractivity contribution is 5.85. The van der Waals surface area contributed by atoms with E-state index in [4.69, 9.17) is 0 Å². The maximum Gasteiger partial charge on any atom is 0.123 e. The van der Waals surface area contributed by atoms with E-state index in [-0.39, 0.29) is 42.5 Å². The van der Waals surface area contributed by atoms with Crippen molar-refractivity contribution >= 4 is 24.8 Å². The normalized spacial score (nSPS) is 14.8. The number of hydrogen-bond donors (Lipinski definition) is 0. The number of piperazine rings is 1. The molecule has 0 amide bonds. The molecule has 3 aromatic carbocycles. The minimum atomic E-state index is -0.241. The van der Waals surface area contributed by atoms with Gasteiger partial charge in [0, 0.05) is 32.7 Å². The molecule has 1 aliphatic heterocycles. The van der Waals surface area contributed by atoms with Gasteiger partial charge in [-0.3, -0.25) is 9.80 Å². The van der Waals surface area contributed by atoms with Crippen molar-refractivity contribution in [2.45, 2.75) is 12.6 Å². The summed E-state index contributed by atoms with van der Waals surface area (Å²) < 4.78 is 26.9. The van der Waals surface area contributed by atoms with Gasteiger partial charge >= 0.3 is 0 Å². The zero-order valence-electron chi connectivity index (χ0n) is 16.6. The molecule has 2 nitrogen and oxygen atoms in total. The predicted molar refractivity (Wildman–Crippen MR) is 122 cm³/mol. The van der Waals surface area contributed by atoms with Gasteiger partial charge in [-0.1, -0.05) is 54.6 Å². The second-order valence-corrected chi connectivity index (χ2v) is 7.30. The number of rotatable bonds is 5. The number of nitrogens with zero attached hydrogens (tertiary/aromatic N) is 2. The van der Waals surface area contributed by atoms with Crippen LogP contribution in [0.1, 0.15) is 22.7 Å². The molecule has 160 valence electrons. The van der Waals surface area contributed by atoms with Crippen LogP contribution in [0.15, 0.2) is 78.9 Å². The zero-order chi connectivity index (χ0) is 19.3. The van der Waals surface area contributed by atoms with E-state index >= 15 is 0 Å². The molecule has 0 spiro atoms. The third-order valence-electron chi connectivity index (χ3n) is 5.39. The minimum absolute atomic E-state index is 0. The van der Waals surface area contributed by atoms with E-state index in [1.54, 1.807) is 0 Å². The molecule has 0 unspecified atom stereocenters. The van der Waals surface area contributed by atoms with Gasteiger partial charge in [0.15, 0.2) is 0 Å². The Morgan fingerprint density at radius 2 is 1.10 bits per heavy atom. The lowest BCUT2D eigenvalue weighted by Crippen LogP contribution is -2.47. The molecule has 1 aliphatic rings. The third kappa shape index (κ3) is 6.02. The molecule has 0 bridgehead atoms. The number of halogens is 4. The molecule has 0 atom stereocenters. The summed E-state index contributed by atoms with van der Waals surface area (Å²) in [6.07, 6.45) is 0. The van der Waals surface area contributed by atoms with Crippen LogP contribution in [0.5, 0.6) is 0 Å². The van der Waals surface area contributed by atoms with Crippen molar-refractivity contribution in [3.8, 4) is 0 Å². The summed E-state index contributed by atoms with van der Waals surface area (Å²) in [4.78, 5) is 4.86. The first kappa shape index (κ1) is 24.3. The van der Waals surface area contributed by atoms with Crippen molar-refractivity contribution in [3.05, 3.63) is 107 Å². The van der Waals surface area contributed by atoms with E-state index in [0.29, 0.717) is 0 Å². The van der Waals surface area contributed by atoms with Crippen molar-refractivity contribution in [1.29, 1.82) is 0 Å². The molecule has 0 radical (unpaired) electrons. The molecular formula is C24H26Cl2F2N2. The Morgan fingerprint density at radius 3 is 1.57 bits per heavy atom. The third-order valence-corrected chi connectivity index (χ3v) is 5.39. The average Bonchev–Trinajstić information content (AvgIpc) is 2.73. The van der Waals surface area contributed by atoms with Crippen molar-refractivity contribution in [1.82, 2.24) is 9.80 Å². The maximum atomic E-state index is 13.4. The molecule has 1 fully saturated rings. The molecular weight excluding hydrogens is 425 g/mol. The summed E-state index contributed by atoms with van der Waals surface area (Å²) in [5.74, 6) is -0.483. The summed E-state index contributed by atoms with van der Waals surface area (Å²) >= 11 is 0.